The van der Waals surface area contributed by atoms with E-state index in [2.05, 4.69) is 25.8 Å². The van der Waals surface area contributed by atoms with E-state index in [-0.39, 0.29) is 17.0 Å². The minimum atomic E-state index is -0.864. The Kier molecular flexibility index (Phi) is 5.31. The molecule has 0 spiro atoms. The molecule has 1 heterocycles. The molecule has 0 aliphatic heterocycles. The lowest BCUT2D eigenvalue weighted by Gasteiger charge is -2.55. The molecule has 1 amide bonds. The van der Waals surface area contributed by atoms with Crippen LogP contribution in [0, 0.1) is 5.41 Å². The molecule has 0 bridgehead atoms. The molecule has 1 atom stereocenters. The van der Waals surface area contributed by atoms with Gasteiger partial charge in [0.15, 0.2) is 0 Å². The highest BCUT2D eigenvalue weighted by Gasteiger charge is 2.51. The highest BCUT2D eigenvalue weighted by molar-refractivity contribution is 5.67. The molecule has 27 heavy (non-hydrogen) atoms. The number of carboxylic acid groups (broad SMARTS) is 1. The zero-order chi connectivity index (χ0) is 19.7. The summed E-state index contributed by atoms with van der Waals surface area (Å²) in [7, 11) is 0. The zero-order valence-corrected chi connectivity index (χ0v) is 16.8. The van der Waals surface area contributed by atoms with Crippen LogP contribution in [0.5, 0.6) is 0 Å². The number of amides is 1. The molecule has 1 aliphatic rings. The number of nitrogens with one attached hydrogen (secondary N) is 1. The lowest BCUT2D eigenvalue weighted by atomic mass is 9.64. The Morgan fingerprint density at radius 3 is 2.37 bits per heavy atom. The number of imidazole rings is 1. The molecule has 1 aliphatic carbocycles. The van der Waals surface area contributed by atoms with Gasteiger partial charge in [0.1, 0.15) is 5.82 Å². The van der Waals surface area contributed by atoms with Crippen LogP contribution in [0.1, 0.15) is 71.7 Å². The van der Waals surface area contributed by atoms with Crippen LogP contribution in [0.4, 0.5) is 4.79 Å². The summed E-state index contributed by atoms with van der Waals surface area (Å²) in [6.07, 6.45) is 6.13. The van der Waals surface area contributed by atoms with Crippen molar-refractivity contribution < 1.29 is 9.90 Å². The summed E-state index contributed by atoms with van der Waals surface area (Å²) in [6.45, 7) is 8.44. The van der Waals surface area contributed by atoms with E-state index in [1.165, 1.54) is 6.42 Å². The van der Waals surface area contributed by atoms with E-state index >= 15 is 0 Å². The average Bonchev–Trinajstić information content (AvgIpc) is 3.12. The second-order valence-electron chi connectivity index (χ2n) is 8.71. The van der Waals surface area contributed by atoms with Crippen molar-refractivity contribution in [2.45, 2.75) is 71.4 Å². The van der Waals surface area contributed by atoms with E-state index in [4.69, 9.17) is 4.98 Å². The second-order valence-corrected chi connectivity index (χ2v) is 8.71. The molecular weight excluding hydrogens is 338 g/mol. The minimum absolute atomic E-state index is 0.144. The molecule has 1 aromatic heterocycles. The third-order valence-corrected chi connectivity index (χ3v) is 6.19. The van der Waals surface area contributed by atoms with E-state index in [9.17, 15) is 9.90 Å². The van der Waals surface area contributed by atoms with E-state index in [0.29, 0.717) is 5.82 Å². The van der Waals surface area contributed by atoms with Crippen LogP contribution in [0.3, 0.4) is 0 Å². The maximum Gasteiger partial charge on any atom is 0.408 e. The minimum Gasteiger partial charge on any atom is -0.465 e. The predicted molar refractivity (Wildman–Crippen MR) is 108 cm³/mol. The van der Waals surface area contributed by atoms with Crippen molar-refractivity contribution in [3.8, 4) is 11.3 Å². The molecule has 2 N–H and O–H groups in total. The zero-order valence-electron chi connectivity index (χ0n) is 16.8. The third kappa shape index (κ3) is 3.60. The highest BCUT2D eigenvalue weighted by Crippen LogP contribution is 2.49. The fraction of sp³-hybridized carbons (Fsp3) is 0.545. The first-order valence-electron chi connectivity index (χ1n) is 9.89. The highest BCUT2D eigenvalue weighted by atomic mass is 16.4. The first kappa shape index (κ1) is 19.5. The fourth-order valence-corrected chi connectivity index (χ4v) is 4.64. The van der Waals surface area contributed by atoms with Crippen molar-refractivity contribution in [1.29, 1.82) is 0 Å². The summed E-state index contributed by atoms with van der Waals surface area (Å²) in [5.41, 5.74) is 1.35. The molecular formula is C22H31N3O2. The van der Waals surface area contributed by atoms with Gasteiger partial charge >= 0.3 is 6.09 Å². The van der Waals surface area contributed by atoms with Gasteiger partial charge in [-0.3, -0.25) is 4.90 Å². The summed E-state index contributed by atoms with van der Waals surface area (Å²) in [5, 5.41) is 10.2. The van der Waals surface area contributed by atoms with Crippen molar-refractivity contribution >= 4 is 6.09 Å². The molecule has 1 aromatic carbocycles. The van der Waals surface area contributed by atoms with Crippen molar-refractivity contribution in [2.75, 3.05) is 0 Å². The Labute approximate surface area is 161 Å². The largest absolute Gasteiger partial charge is 0.465 e. The summed E-state index contributed by atoms with van der Waals surface area (Å²) in [6, 6.07) is 9.62. The van der Waals surface area contributed by atoms with Gasteiger partial charge in [-0.05, 0) is 25.2 Å². The number of benzene rings is 1. The van der Waals surface area contributed by atoms with Crippen LogP contribution in [-0.2, 0) is 0 Å². The maximum atomic E-state index is 12.4. The second kappa shape index (κ2) is 7.37. The van der Waals surface area contributed by atoms with Crippen LogP contribution in [-0.4, -0.2) is 31.6 Å². The van der Waals surface area contributed by atoms with Gasteiger partial charge in [-0.25, -0.2) is 9.78 Å². The fourth-order valence-electron chi connectivity index (χ4n) is 4.64. The molecule has 3 rings (SSSR count). The molecule has 1 fully saturated rings. The van der Waals surface area contributed by atoms with Gasteiger partial charge < -0.3 is 10.1 Å². The number of H-pyrrole nitrogens is 1. The molecule has 1 saturated carbocycles. The van der Waals surface area contributed by atoms with Crippen LogP contribution in [0.25, 0.3) is 11.3 Å². The van der Waals surface area contributed by atoms with Gasteiger partial charge in [0, 0.05) is 11.8 Å². The smallest absolute Gasteiger partial charge is 0.408 e. The molecule has 0 saturated heterocycles. The number of rotatable bonds is 4. The Morgan fingerprint density at radius 1 is 1.19 bits per heavy atom. The standard InChI is InChI=1S/C22H31N3O2/c1-16(19-23-15-18(24-19)17-11-7-5-8-12-17)25(20(26)27)22(21(2,3)4)13-9-6-10-14-22/h5,7-8,11-12,15-16H,6,9-10,13-14H2,1-4H3,(H,23,24)(H,26,27). The lowest BCUT2D eigenvalue weighted by Crippen LogP contribution is -2.60. The van der Waals surface area contributed by atoms with Crippen LogP contribution >= 0.6 is 0 Å². The summed E-state index contributed by atoms with van der Waals surface area (Å²) >= 11 is 0. The quantitative estimate of drug-likeness (QED) is 0.708. The molecule has 2 aromatic rings. The van der Waals surface area contributed by atoms with Gasteiger partial charge in [0.2, 0.25) is 0 Å². The van der Waals surface area contributed by atoms with Crippen LogP contribution in [0.15, 0.2) is 36.5 Å². The Bertz CT molecular complexity index is 770. The number of aromatic nitrogens is 2. The Balaban J connectivity index is 1.97. The molecule has 1 unspecified atom stereocenters. The van der Waals surface area contributed by atoms with Crippen molar-refractivity contribution in [3.05, 3.63) is 42.4 Å². The number of aromatic amines is 1. The maximum absolute atomic E-state index is 12.4. The first-order valence-corrected chi connectivity index (χ1v) is 9.89. The van der Waals surface area contributed by atoms with Gasteiger partial charge in [-0.15, -0.1) is 0 Å². The lowest BCUT2D eigenvalue weighted by molar-refractivity contribution is -0.0459. The number of hydrogen-bond donors (Lipinski definition) is 2. The van der Waals surface area contributed by atoms with Gasteiger partial charge in [0.25, 0.3) is 0 Å². The number of hydrogen-bond acceptors (Lipinski definition) is 2. The predicted octanol–water partition coefficient (Wildman–Crippen LogP) is 5.87. The SMILES string of the molecule is CC(c1nc(-c2ccccc2)c[nH]1)N(C(=O)O)C1(C(C)(C)C)CCCCC1. The van der Waals surface area contributed by atoms with Crippen molar-refractivity contribution in [1.82, 2.24) is 14.9 Å². The van der Waals surface area contributed by atoms with E-state index in [1.807, 2.05) is 43.5 Å². The Hall–Kier alpha value is -2.30. The van der Waals surface area contributed by atoms with E-state index in [0.717, 1.165) is 36.9 Å². The molecule has 0 radical (unpaired) electrons. The average molecular weight is 370 g/mol. The number of nitrogens with zero attached hydrogens (tertiary/aromatic N) is 2. The topological polar surface area (TPSA) is 69.2 Å². The molecule has 5 nitrogen and oxygen atoms in total. The summed E-state index contributed by atoms with van der Waals surface area (Å²) < 4.78 is 0. The monoisotopic (exact) mass is 369 g/mol. The summed E-state index contributed by atoms with van der Waals surface area (Å²) in [4.78, 5) is 22.1. The van der Waals surface area contributed by atoms with Crippen LogP contribution < -0.4 is 0 Å². The Morgan fingerprint density at radius 2 is 1.81 bits per heavy atom. The normalized spacial score (nSPS) is 18.1. The first-order chi connectivity index (χ1) is 12.8. The third-order valence-electron chi connectivity index (χ3n) is 6.19. The van der Waals surface area contributed by atoms with Crippen LogP contribution in [0.2, 0.25) is 0 Å². The van der Waals surface area contributed by atoms with Gasteiger partial charge in [0.05, 0.1) is 17.3 Å². The van der Waals surface area contributed by atoms with E-state index in [1.54, 1.807) is 4.90 Å². The van der Waals surface area contributed by atoms with Crippen molar-refractivity contribution in [3.63, 3.8) is 0 Å². The summed E-state index contributed by atoms with van der Waals surface area (Å²) in [5.74, 6) is 0.699. The molecule has 146 valence electrons. The van der Waals surface area contributed by atoms with Crippen molar-refractivity contribution in [2.24, 2.45) is 5.41 Å². The molecule has 5 heteroatoms. The van der Waals surface area contributed by atoms with E-state index < -0.39 is 6.09 Å². The van der Waals surface area contributed by atoms with Gasteiger partial charge in [-0.2, -0.15) is 0 Å². The number of carbonyl (C=O) groups is 1. The van der Waals surface area contributed by atoms with Gasteiger partial charge in [-0.1, -0.05) is 70.4 Å².